The van der Waals surface area contributed by atoms with Crippen molar-refractivity contribution < 1.29 is 9.13 Å². The summed E-state index contributed by atoms with van der Waals surface area (Å²) in [7, 11) is 0. The van der Waals surface area contributed by atoms with E-state index in [1.807, 2.05) is 6.07 Å². The Hall–Kier alpha value is -2.43. The number of fused-ring (bicyclic) bond motifs is 1. The molecule has 1 aromatic carbocycles. The largest absolute Gasteiger partial charge is 0.489 e. The lowest BCUT2D eigenvalue weighted by Gasteiger charge is -2.55. The van der Waals surface area contributed by atoms with Gasteiger partial charge >= 0.3 is 0 Å². The van der Waals surface area contributed by atoms with Gasteiger partial charge in [0.1, 0.15) is 24.0 Å². The van der Waals surface area contributed by atoms with E-state index in [4.69, 9.17) is 9.84 Å². The van der Waals surface area contributed by atoms with Crippen LogP contribution in [-0.2, 0) is 12.0 Å². The van der Waals surface area contributed by atoms with E-state index in [-0.39, 0.29) is 11.2 Å². The number of aromatic nitrogens is 3. The minimum Gasteiger partial charge on any atom is -0.489 e. The van der Waals surface area contributed by atoms with Crippen molar-refractivity contribution in [2.75, 3.05) is 0 Å². The first-order valence-corrected chi connectivity index (χ1v) is 10.4. The van der Waals surface area contributed by atoms with Gasteiger partial charge in [-0.25, -0.2) is 4.39 Å². The summed E-state index contributed by atoms with van der Waals surface area (Å²) in [6.07, 6.45) is 10.2. The Morgan fingerprint density at radius 3 is 2.32 bits per heavy atom. The van der Waals surface area contributed by atoms with Gasteiger partial charge in [0.05, 0.1) is 0 Å². The Balaban J connectivity index is 1.33. The number of halogens is 1. The van der Waals surface area contributed by atoms with Crippen LogP contribution in [0.1, 0.15) is 49.9 Å². The third-order valence-electron chi connectivity index (χ3n) is 7.24. The fourth-order valence-electron chi connectivity index (χ4n) is 6.52. The van der Waals surface area contributed by atoms with Crippen molar-refractivity contribution in [2.24, 2.45) is 17.8 Å². The van der Waals surface area contributed by atoms with Crippen LogP contribution in [-0.4, -0.2) is 14.6 Å². The number of nitrogens with zero attached hydrogens (tertiary/aromatic N) is 3. The Morgan fingerprint density at radius 2 is 1.64 bits per heavy atom. The van der Waals surface area contributed by atoms with Crippen molar-refractivity contribution >= 4 is 5.65 Å². The van der Waals surface area contributed by atoms with E-state index < -0.39 is 0 Å². The van der Waals surface area contributed by atoms with E-state index in [1.165, 1.54) is 50.7 Å². The first kappa shape index (κ1) is 16.5. The molecule has 2 aromatic heterocycles. The summed E-state index contributed by atoms with van der Waals surface area (Å²) in [6.45, 7) is 0.398. The van der Waals surface area contributed by atoms with E-state index in [2.05, 4.69) is 21.8 Å². The SMILES string of the molecule is Fc1ccc(OCc2cccn3c(C45CC6CC(CC(C6)C4)C5)nnc23)cc1. The van der Waals surface area contributed by atoms with Crippen LogP contribution >= 0.6 is 0 Å². The summed E-state index contributed by atoms with van der Waals surface area (Å²) < 4.78 is 21.2. The van der Waals surface area contributed by atoms with Gasteiger partial charge < -0.3 is 4.74 Å². The molecule has 4 aliphatic rings. The highest BCUT2D eigenvalue weighted by Gasteiger charge is 2.53. The van der Waals surface area contributed by atoms with Gasteiger partial charge in [0.2, 0.25) is 0 Å². The van der Waals surface area contributed by atoms with Crippen molar-refractivity contribution in [3.8, 4) is 5.75 Å². The first-order valence-electron chi connectivity index (χ1n) is 10.4. The van der Waals surface area contributed by atoms with Crippen molar-refractivity contribution in [3.63, 3.8) is 0 Å². The second-order valence-corrected chi connectivity index (χ2v) is 9.19. The van der Waals surface area contributed by atoms with Crippen LogP contribution in [0.2, 0.25) is 0 Å². The molecule has 3 aromatic rings. The number of benzene rings is 1. The van der Waals surface area contributed by atoms with Gasteiger partial charge in [-0.05, 0) is 86.6 Å². The fourth-order valence-corrected chi connectivity index (χ4v) is 6.52. The van der Waals surface area contributed by atoms with Gasteiger partial charge in [0.15, 0.2) is 5.65 Å². The van der Waals surface area contributed by atoms with Crippen LogP contribution in [0.5, 0.6) is 5.75 Å². The molecule has 4 saturated carbocycles. The summed E-state index contributed by atoms with van der Waals surface area (Å²) in [4.78, 5) is 0. The normalized spacial score (nSPS) is 30.8. The van der Waals surface area contributed by atoms with E-state index in [0.717, 1.165) is 34.8 Å². The Labute approximate surface area is 163 Å². The first-order chi connectivity index (χ1) is 13.7. The molecule has 0 radical (unpaired) electrons. The van der Waals surface area contributed by atoms with Gasteiger partial charge in [-0.1, -0.05) is 6.07 Å². The smallest absolute Gasteiger partial charge is 0.167 e. The molecule has 0 aliphatic heterocycles. The molecule has 0 atom stereocenters. The summed E-state index contributed by atoms with van der Waals surface area (Å²) in [6, 6.07) is 10.2. The second kappa shape index (κ2) is 6.03. The lowest BCUT2D eigenvalue weighted by atomic mass is 9.49. The monoisotopic (exact) mass is 377 g/mol. The molecule has 0 N–H and O–H groups in total. The van der Waals surface area contributed by atoms with Gasteiger partial charge in [0, 0.05) is 17.2 Å². The average Bonchev–Trinajstić information content (AvgIpc) is 3.12. The average molecular weight is 377 g/mol. The molecule has 4 aliphatic carbocycles. The predicted octanol–water partition coefficient (Wildman–Crippen LogP) is 4.92. The maximum absolute atomic E-state index is 13.1. The molecule has 0 saturated heterocycles. The minimum absolute atomic E-state index is 0.213. The van der Waals surface area contributed by atoms with Crippen LogP contribution in [0.4, 0.5) is 4.39 Å². The maximum atomic E-state index is 13.1. The highest BCUT2D eigenvalue weighted by Crippen LogP contribution is 2.60. The quantitative estimate of drug-likeness (QED) is 0.648. The van der Waals surface area contributed by atoms with E-state index >= 15 is 0 Å². The maximum Gasteiger partial charge on any atom is 0.167 e. The molecule has 0 unspecified atom stereocenters. The second-order valence-electron chi connectivity index (χ2n) is 9.19. The predicted molar refractivity (Wildman–Crippen MR) is 104 cm³/mol. The van der Waals surface area contributed by atoms with Crippen LogP contribution in [0, 0.1) is 23.6 Å². The van der Waals surface area contributed by atoms with Crippen LogP contribution in [0.15, 0.2) is 42.6 Å². The molecule has 4 bridgehead atoms. The molecule has 4 fully saturated rings. The molecule has 4 nitrogen and oxygen atoms in total. The van der Waals surface area contributed by atoms with Gasteiger partial charge in [-0.2, -0.15) is 0 Å². The number of hydrogen-bond donors (Lipinski definition) is 0. The van der Waals surface area contributed by atoms with Crippen LogP contribution in [0.3, 0.4) is 0 Å². The molecular formula is C23H24FN3O. The Morgan fingerprint density at radius 1 is 0.964 bits per heavy atom. The van der Waals surface area contributed by atoms with Gasteiger partial charge in [-0.3, -0.25) is 4.40 Å². The zero-order valence-corrected chi connectivity index (χ0v) is 15.9. The van der Waals surface area contributed by atoms with Crippen molar-refractivity contribution in [1.82, 2.24) is 14.6 Å². The lowest BCUT2D eigenvalue weighted by Crippen LogP contribution is -2.49. The molecular weight excluding hydrogens is 353 g/mol. The summed E-state index contributed by atoms with van der Waals surface area (Å²) in [5.74, 6) is 4.19. The third-order valence-corrected chi connectivity index (χ3v) is 7.24. The van der Waals surface area contributed by atoms with Gasteiger partial charge in [0.25, 0.3) is 0 Å². The molecule has 28 heavy (non-hydrogen) atoms. The van der Waals surface area contributed by atoms with E-state index in [9.17, 15) is 4.39 Å². The fraction of sp³-hybridized carbons (Fsp3) is 0.478. The van der Waals surface area contributed by atoms with Crippen molar-refractivity contribution in [2.45, 2.75) is 50.5 Å². The number of ether oxygens (including phenoxy) is 1. The zero-order chi connectivity index (χ0) is 18.7. The summed E-state index contributed by atoms with van der Waals surface area (Å²) in [5.41, 5.74) is 2.11. The van der Waals surface area contributed by atoms with Crippen LogP contribution < -0.4 is 4.74 Å². The molecule has 2 heterocycles. The van der Waals surface area contributed by atoms with E-state index in [0.29, 0.717) is 12.4 Å². The highest BCUT2D eigenvalue weighted by molar-refractivity contribution is 5.48. The lowest BCUT2D eigenvalue weighted by molar-refractivity contribution is -0.00984. The number of rotatable bonds is 4. The van der Waals surface area contributed by atoms with Crippen LogP contribution in [0.25, 0.3) is 5.65 Å². The third kappa shape index (κ3) is 2.55. The Bertz CT molecular complexity index is 991. The Kier molecular flexibility index (Phi) is 3.56. The number of hydrogen-bond acceptors (Lipinski definition) is 3. The summed E-state index contributed by atoms with van der Waals surface area (Å²) >= 11 is 0. The molecule has 7 rings (SSSR count). The van der Waals surface area contributed by atoms with E-state index in [1.54, 1.807) is 12.1 Å². The molecule has 0 amide bonds. The van der Waals surface area contributed by atoms with Crippen molar-refractivity contribution in [3.05, 3.63) is 59.8 Å². The standard InChI is InChI=1S/C23H24FN3O/c24-19-3-5-20(6-4-19)28-14-18-2-1-7-27-21(18)25-26-22(27)23-11-15-8-16(12-23)10-17(9-15)13-23/h1-7,15-17H,8-14H2. The highest BCUT2D eigenvalue weighted by atomic mass is 19.1. The van der Waals surface area contributed by atoms with Crippen molar-refractivity contribution in [1.29, 1.82) is 0 Å². The molecule has 144 valence electrons. The molecule has 5 heteroatoms. The zero-order valence-electron chi connectivity index (χ0n) is 15.9. The summed E-state index contributed by atoms with van der Waals surface area (Å²) in [5, 5.41) is 9.30. The minimum atomic E-state index is -0.257. The van der Waals surface area contributed by atoms with Gasteiger partial charge in [-0.15, -0.1) is 10.2 Å². The molecule has 0 spiro atoms. The number of pyridine rings is 1. The topological polar surface area (TPSA) is 39.4 Å².